The smallest absolute Gasteiger partial charge is 0.234 e. The van der Waals surface area contributed by atoms with E-state index in [1.807, 2.05) is 32.9 Å². The van der Waals surface area contributed by atoms with E-state index in [0.717, 1.165) is 34.1 Å². The van der Waals surface area contributed by atoms with Crippen LogP contribution in [-0.2, 0) is 9.59 Å². The largest absolute Gasteiger partial charge is 0.469 e. The Morgan fingerprint density at radius 2 is 2.07 bits per heavy atom. The molecule has 0 radical (unpaired) electrons. The second-order valence-corrected chi connectivity index (χ2v) is 7.77. The van der Waals surface area contributed by atoms with Crippen LogP contribution < -0.4 is 10.6 Å². The number of anilines is 1. The Balaban J connectivity index is 1.74. The molecule has 0 saturated heterocycles. The number of thioether (sulfide) groups is 1. The molecule has 0 bridgehead atoms. The Morgan fingerprint density at radius 1 is 1.36 bits per heavy atom. The van der Waals surface area contributed by atoms with Crippen LogP contribution in [0.4, 0.5) is 5.69 Å². The van der Waals surface area contributed by atoms with E-state index in [1.165, 1.54) is 6.26 Å². The molecule has 28 heavy (non-hydrogen) atoms. The monoisotopic (exact) mass is 395 g/mol. The summed E-state index contributed by atoms with van der Waals surface area (Å²) < 4.78 is 5.39. The van der Waals surface area contributed by atoms with Crippen molar-refractivity contribution in [3.8, 4) is 6.07 Å². The Bertz CT molecular complexity index is 964. The van der Waals surface area contributed by atoms with Crippen molar-refractivity contribution >= 4 is 29.3 Å². The third kappa shape index (κ3) is 4.29. The zero-order valence-corrected chi connectivity index (χ0v) is 16.8. The van der Waals surface area contributed by atoms with Crippen LogP contribution in [0.25, 0.3) is 0 Å². The highest BCUT2D eigenvalue weighted by atomic mass is 32.2. The summed E-state index contributed by atoms with van der Waals surface area (Å²) in [4.78, 5) is 24.5. The van der Waals surface area contributed by atoms with E-state index in [9.17, 15) is 14.9 Å². The minimum Gasteiger partial charge on any atom is -0.469 e. The van der Waals surface area contributed by atoms with Gasteiger partial charge < -0.3 is 15.1 Å². The number of aryl methyl sites for hydroxylation is 3. The van der Waals surface area contributed by atoms with Crippen LogP contribution in [-0.4, -0.2) is 17.6 Å². The predicted octanol–water partition coefficient (Wildman–Crippen LogP) is 3.92. The van der Waals surface area contributed by atoms with Gasteiger partial charge in [-0.25, -0.2) is 0 Å². The number of allylic oxidation sites excluding steroid dienone is 1. The minimum atomic E-state index is -0.430. The Kier molecular flexibility index (Phi) is 5.90. The summed E-state index contributed by atoms with van der Waals surface area (Å²) in [5.41, 5.74) is 4.34. The van der Waals surface area contributed by atoms with Crippen molar-refractivity contribution < 1.29 is 14.0 Å². The summed E-state index contributed by atoms with van der Waals surface area (Å²) in [5.74, 6) is -0.174. The standard InChI is InChI=1S/C21H21N3O3S/c1-12-7-13(2)20(14(3)8-12)23-19(26)11-28-21-16(10-22)15(9-18(25)24-21)17-5-4-6-27-17/h4-8,15H,9,11H2,1-3H3,(H,23,26)(H,24,25)/t15-/m0/s1. The molecule has 2 heterocycles. The number of nitriles is 1. The molecular weight excluding hydrogens is 374 g/mol. The summed E-state index contributed by atoms with van der Waals surface area (Å²) >= 11 is 1.15. The van der Waals surface area contributed by atoms with Crippen molar-refractivity contribution in [2.45, 2.75) is 33.1 Å². The zero-order valence-electron chi connectivity index (χ0n) is 16.0. The number of hydrogen-bond donors (Lipinski definition) is 2. The van der Waals surface area contributed by atoms with Gasteiger partial charge in [0.15, 0.2) is 0 Å². The quantitative estimate of drug-likeness (QED) is 0.800. The number of nitrogens with zero attached hydrogens (tertiary/aromatic N) is 1. The van der Waals surface area contributed by atoms with Gasteiger partial charge in [-0.05, 0) is 44.0 Å². The topological polar surface area (TPSA) is 95.1 Å². The van der Waals surface area contributed by atoms with Gasteiger partial charge in [0.1, 0.15) is 5.76 Å². The number of carbonyl (C=O) groups excluding carboxylic acids is 2. The van der Waals surface area contributed by atoms with Gasteiger partial charge in [-0.15, -0.1) is 0 Å². The van der Waals surface area contributed by atoms with Gasteiger partial charge in [-0.1, -0.05) is 29.5 Å². The van der Waals surface area contributed by atoms with Gasteiger partial charge in [0.25, 0.3) is 0 Å². The summed E-state index contributed by atoms with van der Waals surface area (Å²) in [6.07, 6.45) is 1.66. The van der Waals surface area contributed by atoms with Gasteiger partial charge in [0, 0.05) is 12.1 Å². The van der Waals surface area contributed by atoms with E-state index >= 15 is 0 Å². The Labute approximate surface area is 168 Å². The molecule has 0 saturated carbocycles. The number of furan rings is 1. The molecule has 1 atom stereocenters. The molecule has 2 amide bonds. The van der Waals surface area contributed by atoms with Gasteiger partial charge >= 0.3 is 0 Å². The van der Waals surface area contributed by atoms with Crippen molar-refractivity contribution in [2.24, 2.45) is 0 Å². The van der Waals surface area contributed by atoms with Gasteiger partial charge in [-0.2, -0.15) is 5.26 Å². The van der Waals surface area contributed by atoms with E-state index in [-0.39, 0.29) is 24.0 Å². The summed E-state index contributed by atoms with van der Waals surface area (Å²) in [5, 5.41) is 15.7. The van der Waals surface area contributed by atoms with Crippen LogP contribution >= 0.6 is 11.8 Å². The number of rotatable bonds is 5. The van der Waals surface area contributed by atoms with Gasteiger partial charge in [0.2, 0.25) is 11.8 Å². The summed E-state index contributed by atoms with van der Waals surface area (Å²) in [6, 6.07) is 9.67. The van der Waals surface area contributed by atoms with Crippen molar-refractivity contribution in [1.82, 2.24) is 5.32 Å². The molecule has 1 aromatic heterocycles. The third-order valence-corrected chi connectivity index (χ3v) is 5.55. The first-order valence-corrected chi connectivity index (χ1v) is 9.85. The van der Waals surface area contributed by atoms with Crippen LogP contribution in [0, 0.1) is 32.1 Å². The zero-order chi connectivity index (χ0) is 20.3. The lowest BCUT2D eigenvalue weighted by Gasteiger charge is -2.23. The fourth-order valence-corrected chi connectivity index (χ4v) is 4.23. The number of hydrogen-bond acceptors (Lipinski definition) is 5. The minimum absolute atomic E-state index is 0.0818. The van der Waals surface area contributed by atoms with Gasteiger partial charge in [-0.3, -0.25) is 9.59 Å². The molecule has 2 N–H and O–H groups in total. The van der Waals surface area contributed by atoms with Crippen molar-refractivity contribution in [2.75, 3.05) is 11.1 Å². The molecular formula is C21H21N3O3S. The molecule has 0 fully saturated rings. The van der Waals surface area contributed by atoms with Crippen LogP contribution in [0.1, 0.15) is 34.8 Å². The van der Waals surface area contributed by atoms with Gasteiger partial charge in [0.05, 0.1) is 34.6 Å². The molecule has 1 aliphatic rings. The third-order valence-electron chi connectivity index (χ3n) is 4.53. The highest BCUT2D eigenvalue weighted by Gasteiger charge is 2.31. The van der Waals surface area contributed by atoms with E-state index in [2.05, 4.69) is 16.7 Å². The van der Waals surface area contributed by atoms with Crippen LogP contribution in [0.3, 0.4) is 0 Å². The molecule has 2 aromatic rings. The number of nitrogens with one attached hydrogen (secondary N) is 2. The molecule has 6 nitrogen and oxygen atoms in total. The fourth-order valence-electron chi connectivity index (χ4n) is 3.36. The first-order chi connectivity index (χ1) is 13.4. The molecule has 0 aliphatic carbocycles. The maximum atomic E-state index is 12.5. The predicted molar refractivity (Wildman–Crippen MR) is 109 cm³/mol. The van der Waals surface area contributed by atoms with Crippen molar-refractivity contribution in [3.63, 3.8) is 0 Å². The lowest BCUT2D eigenvalue weighted by Crippen LogP contribution is -2.31. The molecule has 0 unspecified atom stereocenters. The number of carbonyl (C=O) groups is 2. The van der Waals surface area contributed by atoms with E-state index in [0.29, 0.717) is 16.4 Å². The van der Waals surface area contributed by atoms with Crippen molar-refractivity contribution in [3.05, 3.63) is 63.6 Å². The number of amides is 2. The van der Waals surface area contributed by atoms with Crippen LogP contribution in [0.5, 0.6) is 0 Å². The van der Waals surface area contributed by atoms with E-state index in [4.69, 9.17) is 4.42 Å². The second-order valence-electron chi connectivity index (χ2n) is 6.79. The number of benzene rings is 1. The molecule has 144 valence electrons. The average molecular weight is 395 g/mol. The first-order valence-electron chi connectivity index (χ1n) is 8.87. The summed E-state index contributed by atoms with van der Waals surface area (Å²) in [6.45, 7) is 5.92. The molecule has 1 aliphatic heterocycles. The SMILES string of the molecule is Cc1cc(C)c(NC(=O)CSC2=C(C#N)[C@@H](c3ccco3)CC(=O)N2)c(C)c1. The lowest BCUT2D eigenvalue weighted by molar-refractivity contribution is -0.121. The maximum Gasteiger partial charge on any atom is 0.234 e. The second kappa shape index (κ2) is 8.36. The molecule has 1 aromatic carbocycles. The molecule has 3 rings (SSSR count). The normalized spacial score (nSPS) is 16.5. The lowest BCUT2D eigenvalue weighted by atomic mass is 9.92. The Morgan fingerprint density at radius 3 is 2.68 bits per heavy atom. The first kappa shape index (κ1) is 19.8. The molecule has 7 heteroatoms. The Hall–Kier alpha value is -2.98. The van der Waals surface area contributed by atoms with E-state index in [1.54, 1.807) is 12.1 Å². The average Bonchev–Trinajstić information content (AvgIpc) is 3.17. The van der Waals surface area contributed by atoms with Crippen molar-refractivity contribution in [1.29, 1.82) is 5.26 Å². The van der Waals surface area contributed by atoms with E-state index < -0.39 is 5.92 Å². The highest BCUT2D eigenvalue weighted by molar-refractivity contribution is 8.03. The van der Waals surface area contributed by atoms with Crippen LogP contribution in [0.15, 0.2) is 45.5 Å². The maximum absolute atomic E-state index is 12.5. The van der Waals surface area contributed by atoms with Crippen LogP contribution in [0.2, 0.25) is 0 Å². The molecule has 0 spiro atoms. The fraction of sp³-hybridized carbons (Fsp3) is 0.286. The highest BCUT2D eigenvalue weighted by Crippen LogP contribution is 2.36. The summed E-state index contributed by atoms with van der Waals surface area (Å²) in [7, 11) is 0.